The third-order valence-corrected chi connectivity index (χ3v) is 6.12. The number of ether oxygens (including phenoxy) is 2. The SMILES string of the molecule is O=C(COc1ccc2oc3ccccc3c2c1)OCC(=O)N1CCN(c2ccc([N+](=O)[O-])cc2)CC1. The molecule has 0 aliphatic carbocycles. The molecule has 0 spiro atoms. The van der Waals surface area contributed by atoms with Crippen LogP contribution in [-0.4, -0.2) is 61.1 Å². The van der Waals surface area contributed by atoms with Gasteiger partial charge in [0, 0.05) is 54.8 Å². The van der Waals surface area contributed by atoms with Gasteiger partial charge in [0.25, 0.3) is 11.6 Å². The lowest BCUT2D eigenvalue weighted by atomic mass is 10.1. The fourth-order valence-corrected chi connectivity index (χ4v) is 4.21. The van der Waals surface area contributed by atoms with E-state index in [0.29, 0.717) is 31.9 Å². The third-order valence-electron chi connectivity index (χ3n) is 6.12. The van der Waals surface area contributed by atoms with Crippen LogP contribution < -0.4 is 9.64 Å². The number of anilines is 1. The molecule has 0 unspecified atom stereocenters. The molecule has 0 N–H and O–H groups in total. The summed E-state index contributed by atoms with van der Waals surface area (Å²) in [4.78, 5) is 38.7. The topological polar surface area (TPSA) is 115 Å². The first-order valence-corrected chi connectivity index (χ1v) is 11.4. The second-order valence-electron chi connectivity index (χ2n) is 8.35. The van der Waals surface area contributed by atoms with Gasteiger partial charge in [0.15, 0.2) is 13.2 Å². The number of fused-ring (bicyclic) bond motifs is 3. The normalized spacial score (nSPS) is 13.7. The number of nitrogens with zero attached hydrogens (tertiary/aromatic N) is 3. The number of nitro groups is 1. The van der Waals surface area contributed by atoms with Crippen LogP contribution in [0.5, 0.6) is 5.75 Å². The first-order chi connectivity index (χ1) is 17.5. The Kier molecular flexibility index (Phi) is 6.40. The van der Waals surface area contributed by atoms with Crippen LogP contribution in [0.4, 0.5) is 11.4 Å². The number of amides is 1. The Labute approximate surface area is 205 Å². The maximum absolute atomic E-state index is 12.5. The van der Waals surface area contributed by atoms with E-state index in [1.807, 2.05) is 35.2 Å². The van der Waals surface area contributed by atoms with E-state index in [0.717, 1.165) is 27.6 Å². The lowest BCUT2D eigenvalue weighted by molar-refractivity contribution is -0.384. The lowest BCUT2D eigenvalue weighted by Gasteiger charge is -2.36. The smallest absolute Gasteiger partial charge is 0.344 e. The molecule has 1 saturated heterocycles. The number of nitro benzene ring substituents is 1. The molecule has 0 radical (unpaired) electrons. The summed E-state index contributed by atoms with van der Waals surface area (Å²) in [7, 11) is 0. The van der Waals surface area contributed by atoms with Crippen molar-refractivity contribution in [2.75, 3.05) is 44.3 Å². The molecule has 1 fully saturated rings. The van der Waals surface area contributed by atoms with Crippen LogP contribution in [0.15, 0.2) is 71.1 Å². The number of carbonyl (C=O) groups excluding carboxylic acids is 2. The van der Waals surface area contributed by atoms with Gasteiger partial charge in [-0.2, -0.15) is 0 Å². The first kappa shape index (κ1) is 23.2. The number of rotatable bonds is 7. The number of carbonyl (C=O) groups is 2. The maximum atomic E-state index is 12.5. The Morgan fingerprint density at radius 2 is 1.61 bits per heavy atom. The zero-order chi connectivity index (χ0) is 25.1. The third kappa shape index (κ3) is 4.92. The van der Waals surface area contributed by atoms with Gasteiger partial charge < -0.3 is 23.7 Å². The van der Waals surface area contributed by atoms with E-state index in [-0.39, 0.29) is 24.8 Å². The highest BCUT2D eigenvalue weighted by atomic mass is 16.6. The van der Waals surface area contributed by atoms with Crippen LogP contribution in [0.3, 0.4) is 0 Å². The molecule has 0 atom stereocenters. The average molecular weight is 489 g/mol. The molecule has 1 aromatic heterocycles. The van der Waals surface area contributed by atoms with Crippen LogP contribution in [0.25, 0.3) is 21.9 Å². The van der Waals surface area contributed by atoms with Gasteiger partial charge in [-0.1, -0.05) is 18.2 Å². The van der Waals surface area contributed by atoms with Crippen molar-refractivity contribution in [1.29, 1.82) is 0 Å². The van der Waals surface area contributed by atoms with Gasteiger partial charge in [-0.05, 0) is 36.4 Å². The van der Waals surface area contributed by atoms with Gasteiger partial charge in [-0.25, -0.2) is 4.79 Å². The quantitative estimate of drug-likeness (QED) is 0.219. The highest BCUT2D eigenvalue weighted by Crippen LogP contribution is 2.31. The number of hydrogen-bond acceptors (Lipinski definition) is 8. The Bertz CT molecular complexity index is 1420. The van der Waals surface area contributed by atoms with E-state index in [2.05, 4.69) is 0 Å². The molecule has 2 heterocycles. The number of piperazine rings is 1. The van der Waals surface area contributed by atoms with Gasteiger partial charge in [0.1, 0.15) is 16.9 Å². The van der Waals surface area contributed by atoms with E-state index >= 15 is 0 Å². The summed E-state index contributed by atoms with van der Waals surface area (Å²) in [5.41, 5.74) is 2.40. The number of benzene rings is 3. The average Bonchev–Trinajstić information content (AvgIpc) is 3.28. The van der Waals surface area contributed by atoms with Crippen molar-refractivity contribution in [3.8, 4) is 5.75 Å². The Morgan fingerprint density at radius 1 is 0.889 bits per heavy atom. The molecule has 1 aliphatic rings. The van der Waals surface area contributed by atoms with Crippen molar-refractivity contribution in [2.24, 2.45) is 0 Å². The molecule has 0 saturated carbocycles. The lowest BCUT2D eigenvalue weighted by Crippen LogP contribution is -2.50. The second-order valence-corrected chi connectivity index (χ2v) is 8.35. The summed E-state index contributed by atoms with van der Waals surface area (Å²) < 4.78 is 16.5. The largest absolute Gasteiger partial charge is 0.482 e. The van der Waals surface area contributed by atoms with Crippen LogP contribution in [-0.2, 0) is 14.3 Å². The van der Waals surface area contributed by atoms with Crippen molar-refractivity contribution in [2.45, 2.75) is 0 Å². The summed E-state index contributed by atoms with van der Waals surface area (Å²) in [6.45, 7) is 1.40. The van der Waals surface area contributed by atoms with Gasteiger partial charge in [0.05, 0.1) is 4.92 Å². The fraction of sp³-hybridized carbons (Fsp3) is 0.231. The molecular weight excluding hydrogens is 466 g/mol. The van der Waals surface area contributed by atoms with Gasteiger partial charge in [0.2, 0.25) is 0 Å². The molecular formula is C26H23N3O7. The summed E-state index contributed by atoms with van der Waals surface area (Å²) in [5, 5.41) is 12.7. The fourth-order valence-electron chi connectivity index (χ4n) is 4.21. The standard InChI is InChI=1S/C26H23N3O7/c30-25(28-13-11-27(12-14-28)18-5-7-19(8-6-18)29(32)33)16-35-26(31)17-34-20-9-10-24-22(15-20)21-3-1-2-4-23(21)36-24/h1-10,15H,11-14,16-17H2. The van der Waals surface area contributed by atoms with E-state index in [9.17, 15) is 19.7 Å². The number of hydrogen-bond donors (Lipinski definition) is 0. The minimum Gasteiger partial charge on any atom is -0.482 e. The zero-order valence-electron chi connectivity index (χ0n) is 19.3. The van der Waals surface area contributed by atoms with Crippen LogP contribution in [0, 0.1) is 10.1 Å². The summed E-state index contributed by atoms with van der Waals surface area (Å²) in [6, 6.07) is 19.3. The highest BCUT2D eigenvalue weighted by molar-refractivity contribution is 6.05. The molecule has 1 aliphatic heterocycles. The Balaban J connectivity index is 1.08. The van der Waals surface area contributed by atoms with Crippen molar-refractivity contribution in [3.63, 3.8) is 0 Å². The van der Waals surface area contributed by atoms with E-state index in [1.165, 1.54) is 12.1 Å². The van der Waals surface area contributed by atoms with Crippen molar-refractivity contribution < 1.29 is 28.4 Å². The maximum Gasteiger partial charge on any atom is 0.344 e. The summed E-state index contributed by atoms with van der Waals surface area (Å²) in [6.07, 6.45) is 0. The van der Waals surface area contributed by atoms with Crippen LogP contribution >= 0.6 is 0 Å². The second kappa shape index (κ2) is 9.95. The van der Waals surface area contributed by atoms with Gasteiger partial charge >= 0.3 is 5.97 Å². The van der Waals surface area contributed by atoms with Crippen molar-refractivity contribution >= 4 is 45.2 Å². The van der Waals surface area contributed by atoms with E-state index in [4.69, 9.17) is 13.9 Å². The molecule has 1 amide bonds. The molecule has 4 aromatic rings. The minimum absolute atomic E-state index is 0.0360. The van der Waals surface area contributed by atoms with Crippen LogP contribution in [0.2, 0.25) is 0 Å². The Hall–Kier alpha value is -4.60. The number of para-hydroxylation sites is 1. The minimum atomic E-state index is -0.634. The monoisotopic (exact) mass is 489 g/mol. The van der Waals surface area contributed by atoms with Crippen LogP contribution in [0.1, 0.15) is 0 Å². The molecule has 184 valence electrons. The van der Waals surface area contributed by atoms with E-state index in [1.54, 1.807) is 29.2 Å². The van der Waals surface area contributed by atoms with Gasteiger partial charge in [-0.3, -0.25) is 14.9 Å². The molecule has 10 nitrogen and oxygen atoms in total. The molecule has 0 bridgehead atoms. The predicted molar refractivity (Wildman–Crippen MR) is 132 cm³/mol. The van der Waals surface area contributed by atoms with Crippen molar-refractivity contribution in [3.05, 3.63) is 76.8 Å². The molecule has 10 heteroatoms. The first-order valence-electron chi connectivity index (χ1n) is 11.4. The Morgan fingerprint density at radius 3 is 2.36 bits per heavy atom. The highest BCUT2D eigenvalue weighted by Gasteiger charge is 2.22. The summed E-state index contributed by atoms with van der Waals surface area (Å²) in [5.74, 6) is -0.414. The van der Waals surface area contributed by atoms with Crippen molar-refractivity contribution in [1.82, 2.24) is 4.90 Å². The number of esters is 1. The predicted octanol–water partition coefficient (Wildman–Crippen LogP) is 3.77. The molecule has 3 aromatic carbocycles. The summed E-state index contributed by atoms with van der Waals surface area (Å²) >= 11 is 0. The molecule has 36 heavy (non-hydrogen) atoms. The zero-order valence-corrected chi connectivity index (χ0v) is 19.3. The van der Waals surface area contributed by atoms with Gasteiger partial charge in [-0.15, -0.1) is 0 Å². The molecule has 5 rings (SSSR count). The number of furan rings is 1. The number of non-ortho nitro benzene ring substituents is 1. The van der Waals surface area contributed by atoms with E-state index < -0.39 is 10.9 Å².